The Bertz CT molecular complexity index is 1270. The maximum atomic E-state index is 13.2. The monoisotopic (exact) mass is 449 g/mol. The number of ether oxygens (including phenoxy) is 2. The van der Waals surface area contributed by atoms with Crippen molar-refractivity contribution in [2.45, 2.75) is 58.6 Å². The zero-order valence-corrected chi connectivity index (χ0v) is 19.2. The van der Waals surface area contributed by atoms with Gasteiger partial charge < -0.3 is 19.2 Å². The summed E-state index contributed by atoms with van der Waals surface area (Å²) in [5.41, 5.74) is 2.21. The summed E-state index contributed by atoms with van der Waals surface area (Å²) in [4.78, 5) is 38.0. The first-order valence-electron chi connectivity index (χ1n) is 11.0. The van der Waals surface area contributed by atoms with Crippen molar-refractivity contribution in [3.8, 4) is 5.75 Å². The highest BCUT2D eigenvalue weighted by Gasteiger charge is 2.29. The van der Waals surface area contributed by atoms with Gasteiger partial charge in [-0.3, -0.25) is 0 Å². The van der Waals surface area contributed by atoms with E-state index in [-0.39, 0.29) is 11.4 Å². The SMILES string of the molecule is Cc1c(OC(=O)[C@@H](NC(=O)OC(C)(C)C)c2ccccc2)ccc2c3c(c(=O)oc12)CCC3. The molecule has 4 rings (SSSR count). The van der Waals surface area contributed by atoms with E-state index in [0.29, 0.717) is 16.7 Å². The van der Waals surface area contributed by atoms with Gasteiger partial charge in [0.15, 0.2) is 6.04 Å². The Morgan fingerprint density at radius 1 is 1.03 bits per heavy atom. The van der Waals surface area contributed by atoms with Gasteiger partial charge in [-0.05, 0) is 70.2 Å². The van der Waals surface area contributed by atoms with E-state index in [0.717, 1.165) is 35.8 Å². The molecule has 33 heavy (non-hydrogen) atoms. The Morgan fingerprint density at radius 2 is 1.73 bits per heavy atom. The molecule has 1 N–H and O–H groups in total. The number of hydrogen-bond acceptors (Lipinski definition) is 6. The quantitative estimate of drug-likeness (QED) is 0.351. The van der Waals surface area contributed by atoms with E-state index in [1.807, 2.05) is 12.1 Å². The first-order valence-corrected chi connectivity index (χ1v) is 11.0. The zero-order chi connectivity index (χ0) is 23.8. The van der Waals surface area contributed by atoms with E-state index in [9.17, 15) is 14.4 Å². The number of alkyl carbamates (subject to hydrolysis) is 1. The molecule has 1 aliphatic carbocycles. The number of hydrogen-bond donors (Lipinski definition) is 1. The predicted molar refractivity (Wildman–Crippen MR) is 123 cm³/mol. The third kappa shape index (κ3) is 4.77. The Balaban J connectivity index is 1.65. The second kappa shape index (κ2) is 8.73. The minimum atomic E-state index is -1.08. The van der Waals surface area contributed by atoms with Crippen LogP contribution in [0.3, 0.4) is 0 Å². The number of carbonyl (C=O) groups is 2. The third-order valence-electron chi connectivity index (χ3n) is 5.58. The normalized spacial score (nSPS) is 13.9. The van der Waals surface area contributed by atoms with Crippen LogP contribution in [0.1, 0.15) is 55.5 Å². The summed E-state index contributed by atoms with van der Waals surface area (Å²) in [5.74, 6) is -0.418. The molecule has 0 spiro atoms. The highest BCUT2D eigenvalue weighted by atomic mass is 16.6. The minimum Gasteiger partial charge on any atom is -0.444 e. The highest BCUT2D eigenvalue weighted by Crippen LogP contribution is 2.33. The highest BCUT2D eigenvalue weighted by molar-refractivity contribution is 5.89. The van der Waals surface area contributed by atoms with Crippen LogP contribution in [0.2, 0.25) is 0 Å². The largest absolute Gasteiger partial charge is 0.444 e. The molecule has 3 aromatic rings. The lowest BCUT2D eigenvalue weighted by Crippen LogP contribution is -2.39. The Labute approximate surface area is 191 Å². The summed E-state index contributed by atoms with van der Waals surface area (Å²) in [6.07, 6.45) is 1.74. The van der Waals surface area contributed by atoms with Gasteiger partial charge >= 0.3 is 17.7 Å². The van der Waals surface area contributed by atoms with Crippen LogP contribution in [0.25, 0.3) is 11.0 Å². The number of rotatable bonds is 4. The topological polar surface area (TPSA) is 94.8 Å². The second-order valence-electron chi connectivity index (χ2n) is 9.18. The molecule has 7 nitrogen and oxygen atoms in total. The number of aryl methyl sites for hydroxylation is 2. The summed E-state index contributed by atoms with van der Waals surface area (Å²) in [6.45, 7) is 6.97. The van der Waals surface area contributed by atoms with E-state index in [1.54, 1.807) is 58.0 Å². The van der Waals surface area contributed by atoms with Crippen molar-refractivity contribution < 1.29 is 23.5 Å². The van der Waals surface area contributed by atoms with Gasteiger partial charge in [0, 0.05) is 16.5 Å². The Hall–Kier alpha value is -3.61. The van der Waals surface area contributed by atoms with Crippen LogP contribution < -0.4 is 15.7 Å². The summed E-state index contributed by atoms with van der Waals surface area (Å²) in [6, 6.07) is 11.2. The number of fused-ring (bicyclic) bond motifs is 3. The van der Waals surface area contributed by atoms with Crippen LogP contribution in [0.5, 0.6) is 5.75 Å². The van der Waals surface area contributed by atoms with Crippen LogP contribution in [0.15, 0.2) is 51.7 Å². The van der Waals surface area contributed by atoms with Gasteiger partial charge in [0.05, 0.1) is 0 Å². The van der Waals surface area contributed by atoms with Crippen molar-refractivity contribution >= 4 is 23.0 Å². The maximum absolute atomic E-state index is 13.2. The van der Waals surface area contributed by atoms with Gasteiger partial charge in [-0.25, -0.2) is 14.4 Å². The van der Waals surface area contributed by atoms with Gasteiger partial charge in [-0.2, -0.15) is 0 Å². The number of amides is 1. The zero-order valence-electron chi connectivity index (χ0n) is 19.2. The van der Waals surface area contributed by atoms with E-state index in [2.05, 4.69) is 5.32 Å². The number of carbonyl (C=O) groups excluding carboxylic acids is 2. The van der Waals surface area contributed by atoms with Gasteiger partial charge in [0.2, 0.25) is 0 Å². The molecule has 0 bridgehead atoms. The first-order chi connectivity index (χ1) is 15.6. The number of nitrogens with one attached hydrogen (secondary N) is 1. The van der Waals surface area contributed by atoms with Crippen molar-refractivity contribution in [2.75, 3.05) is 0 Å². The van der Waals surface area contributed by atoms with Crippen LogP contribution in [-0.4, -0.2) is 17.7 Å². The average molecular weight is 450 g/mol. The smallest absolute Gasteiger partial charge is 0.408 e. The van der Waals surface area contributed by atoms with Crippen molar-refractivity contribution in [2.24, 2.45) is 0 Å². The molecule has 1 atom stereocenters. The van der Waals surface area contributed by atoms with Gasteiger partial charge in [0.25, 0.3) is 0 Å². The second-order valence-corrected chi connectivity index (χ2v) is 9.18. The van der Waals surface area contributed by atoms with Gasteiger partial charge in [-0.15, -0.1) is 0 Å². The molecule has 1 heterocycles. The lowest BCUT2D eigenvalue weighted by atomic mass is 10.0. The minimum absolute atomic E-state index is 0.264. The third-order valence-corrected chi connectivity index (χ3v) is 5.58. The molecule has 2 aromatic carbocycles. The molecule has 7 heteroatoms. The molecule has 1 aromatic heterocycles. The molecule has 0 saturated heterocycles. The van der Waals surface area contributed by atoms with E-state index in [1.165, 1.54) is 0 Å². The molecular formula is C26H27NO6. The molecule has 0 saturated carbocycles. The summed E-state index contributed by atoms with van der Waals surface area (Å²) >= 11 is 0. The van der Waals surface area contributed by atoms with Crippen molar-refractivity contribution in [3.63, 3.8) is 0 Å². The van der Waals surface area contributed by atoms with Gasteiger partial charge in [-0.1, -0.05) is 30.3 Å². The molecular weight excluding hydrogens is 422 g/mol. The standard InChI is InChI=1S/C26H27NO6/c1-15-20(14-13-18-17-11-8-12-19(17)23(28)32-22(15)18)31-24(29)21(16-9-6-5-7-10-16)27-25(30)33-26(2,3)4/h5-7,9-10,13-14,21H,8,11-12H2,1-4H3,(H,27,30)/t21-/m0/s1. The molecule has 172 valence electrons. The lowest BCUT2D eigenvalue weighted by molar-refractivity contribution is -0.137. The summed E-state index contributed by atoms with van der Waals surface area (Å²) < 4.78 is 16.6. The molecule has 0 radical (unpaired) electrons. The fourth-order valence-electron chi connectivity index (χ4n) is 4.09. The number of esters is 1. The lowest BCUT2D eigenvalue weighted by Gasteiger charge is -2.23. The van der Waals surface area contributed by atoms with E-state index >= 15 is 0 Å². The fourth-order valence-corrected chi connectivity index (χ4v) is 4.09. The van der Waals surface area contributed by atoms with Crippen molar-refractivity contribution in [3.05, 3.63) is 75.1 Å². The average Bonchev–Trinajstić information content (AvgIpc) is 3.25. The molecule has 0 aliphatic heterocycles. The van der Waals surface area contributed by atoms with Crippen LogP contribution in [0.4, 0.5) is 4.79 Å². The summed E-state index contributed by atoms with van der Waals surface area (Å²) in [5, 5.41) is 3.47. The van der Waals surface area contributed by atoms with Crippen LogP contribution >= 0.6 is 0 Å². The van der Waals surface area contributed by atoms with Crippen LogP contribution in [0, 0.1) is 6.92 Å². The van der Waals surface area contributed by atoms with E-state index < -0.39 is 23.7 Å². The Morgan fingerprint density at radius 3 is 2.42 bits per heavy atom. The van der Waals surface area contributed by atoms with Crippen LogP contribution in [-0.2, 0) is 22.4 Å². The first kappa shape index (κ1) is 22.6. The number of benzene rings is 2. The predicted octanol–water partition coefficient (Wildman–Crippen LogP) is 4.76. The van der Waals surface area contributed by atoms with Crippen molar-refractivity contribution in [1.82, 2.24) is 5.32 Å². The molecule has 0 unspecified atom stereocenters. The molecule has 1 amide bonds. The van der Waals surface area contributed by atoms with E-state index in [4.69, 9.17) is 13.9 Å². The Kier molecular flexibility index (Phi) is 5.97. The summed E-state index contributed by atoms with van der Waals surface area (Å²) in [7, 11) is 0. The maximum Gasteiger partial charge on any atom is 0.408 e. The molecule has 1 aliphatic rings. The van der Waals surface area contributed by atoms with Crippen molar-refractivity contribution in [1.29, 1.82) is 0 Å². The molecule has 0 fully saturated rings. The van der Waals surface area contributed by atoms with Gasteiger partial charge in [0.1, 0.15) is 16.9 Å². The fraction of sp³-hybridized carbons (Fsp3) is 0.346.